The predicted octanol–water partition coefficient (Wildman–Crippen LogP) is 3.37. The fraction of sp³-hybridized carbons (Fsp3) is 1.00. The molecular weight excluding hydrogens is 238 g/mol. The van der Waals surface area contributed by atoms with Crippen molar-refractivity contribution in [3.8, 4) is 0 Å². The summed E-state index contributed by atoms with van der Waals surface area (Å²) in [5.41, 5.74) is 0.528. The van der Waals surface area contributed by atoms with E-state index in [0.29, 0.717) is 17.6 Å². The van der Waals surface area contributed by atoms with Crippen LogP contribution < -0.4 is 5.32 Å². The van der Waals surface area contributed by atoms with Crippen molar-refractivity contribution >= 4 is 0 Å². The summed E-state index contributed by atoms with van der Waals surface area (Å²) in [4.78, 5) is 0. The molecule has 0 saturated carbocycles. The van der Waals surface area contributed by atoms with Crippen LogP contribution in [0.4, 0.5) is 0 Å². The Kier molecular flexibility index (Phi) is 6.28. The second kappa shape index (κ2) is 7.05. The van der Waals surface area contributed by atoms with Crippen molar-refractivity contribution in [3.05, 3.63) is 0 Å². The van der Waals surface area contributed by atoms with Gasteiger partial charge >= 0.3 is 0 Å². The SMILES string of the molecule is CC(C)(C)CCOCC1CCC(CNC(C)(C)C)O1. The summed E-state index contributed by atoms with van der Waals surface area (Å²) in [5, 5.41) is 3.51. The highest BCUT2D eigenvalue weighted by molar-refractivity contribution is 4.79. The molecule has 1 heterocycles. The monoisotopic (exact) mass is 271 g/mol. The zero-order valence-electron chi connectivity index (χ0n) is 13.7. The van der Waals surface area contributed by atoms with Gasteiger partial charge in [-0.25, -0.2) is 0 Å². The quantitative estimate of drug-likeness (QED) is 0.751. The van der Waals surface area contributed by atoms with Gasteiger partial charge in [-0.15, -0.1) is 0 Å². The third kappa shape index (κ3) is 8.61. The highest BCUT2D eigenvalue weighted by Crippen LogP contribution is 2.21. The second-order valence-corrected chi connectivity index (χ2v) is 7.97. The number of rotatable bonds is 6. The van der Waals surface area contributed by atoms with Crippen molar-refractivity contribution in [1.82, 2.24) is 5.32 Å². The molecule has 0 aromatic rings. The molecule has 3 heteroatoms. The first-order valence-corrected chi connectivity index (χ1v) is 7.64. The van der Waals surface area contributed by atoms with Gasteiger partial charge < -0.3 is 14.8 Å². The maximum atomic E-state index is 6.00. The first-order valence-electron chi connectivity index (χ1n) is 7.64. The maximum absolute atomic E-state index is 6.00. The van der Waals surface area contributed by atoms with Crippen molar-refractivity contribution in [2.45, 2.75) is 78.6 Å². The van der Waals surface area contributed by atoms with Gasteiger partial charge in [-0.05, 0) is 45.4 Å². The Morgan fingerprint density at radius 1 is 1.05 bits per heavy atom. The average Bonchev–Trinajstić information content (AvgIpc) is 2.67. The van der Waals surface area contributed by atoms with Crippen molar-refractivity contribution in [1.29, 1.82) is 0 Å². The summed E-state index contributed by atoms with van der Waals surface area (Å²) in [6.45, 7) is 15.8. The van der Waals surface area contributed by atoms with Crippen LogP contribution in [0.5, 0.6) is 0 Å². The van der Waals surface area contributed by atoms with Crippen LogP contribution in [-0.2, 0) is 9.47 Å². The Balaban J connectivity index is 2.08. The van der Waals surface area contributed by atoms with Gasteiger partial charge in [-0.1, -0.05) is 20.8 Å². The summed E-state index contributed by atoms with van der Waals surface area (Å²) in [5.74, 6) is 0. The number of nitrogens with one attached hydrogen (secondary N) is 1. The molecule has 0 aromatic carbocycles. The molecule has 1 fully saturated rings. The van der Waals surface area contributed by atoms with E-state index in [1.807, 2.05) is 0 Å². The minimum Gasteiger partial charge on any atom is -0.379 e. The molecule has 3 nitrogen and oxygen atoms in total. The standard InChI is InChI=1S/C16H33NO2/c1-15(2,3)9-10-18-12-14-8-7-13(19-14)11-17-16(4,5)6/h13-14,17H,7-12H2,1-6H3. The van der Waals surface area contributed by atoms with Gasteiger partial charge in [0.05, 0.1) is 18.8 Å². The molecule has 1 aliphatic heterocycles. The first kappa shape index (κ1) is 16.9. The van der Waals surface area contributed by atoms with Gasteiger partial charge in [0.2, 0.25) is 0 Å². The van der Waals surface area contributed by atoms with Crippen LogP contribution in [0.15, 0.2) is 0 Å². The van der Waals surface area contributed by atoms with E-state index >= 15 is 0 Å². The van der Waals surface area contributed by atoms with Crippen molar-refractivity contribution in [2.75, 3.05) is 19.8 Å². The highest BCUT2D eigenvalue weighted by atomic mass is 16.5. The lowest BCUT2D eigenvalue weighted by atomic mass is 9.93. The Bertz CT molecular complexity index is 252. The van der Waals surface area contributed by atoms with E-state index in [1.165, 1.54) is 0 Å². The largest absolute Gasteiger partial charge is 0.379 e. The fourth-order valence-electron chi connectivity index (χ4n) is 2.07. The maximum Gasteiger partial charge on any atom is 0.0813 e. The fourth-order valence-corrected chi connectivity index (χ4v) is 2.07. The van der Waals surface area contributed by atoms with Crippen molar-refractivity contribution in [2.24, 2.45) is 5.41 Å². The van der Waals surface area contributed by atoms with E-state index < -0.39 is 0 Å². The van der Waals surface area contributed by atoms with Crippen LogP contribution in [0.2, 0.25) is 0 Å². The molecule has 0 spiro atoms. The third-order valence-electron chi connectivity index (χ3n) is 3.36. The second-order valence-electron chi connectivity index (χ2n) is 7.97. The Morgan fingerprint density at radius 3 is 2.26 bits per heavy atom. The van der Waals surface area contributed by atoms with Crippen LogP contribution in [0, 0.1) is 5.41 Å². The molecule has 19 heavy (non-hydrogen) atoms. The summed E-state index contributed by atoms with van der Waals surface area (Å²) in [6, 6.07) is 0. The summed E-state index contributed by atoms with van der Waals surface area (Å²) in [7, 11) is 0. The van der Waals surface area contributed by atoms with E-state index in [4.69, 9.17) is 9.47 Å². The number of ether oxygens (including phenoxy) is 2. The van der Waals surface area contributed by atoms with Crippen LogP contribution >= 0.6 is 0 Å². The zero-order chi connectivity index (χ0) is 14.5. The summed E-state index contributed by atoms with van der Waals surface area (Å²) in [6.07, 6.45) is 4.04. The Labute approximate surface area is 119 Å². The topological polar surface area (TPSA) is 30.5 Å². The summed E-state index contributed by atoms with van der Waals surface area (Å²) >= 11 is 0. The minimum atomic E-state index is 0.171. The molecule has 1 aliphatic rings. The third-order valence-corrected chi connectivity index (χ3v) is 3.36. The van der Waals surface area contributed by atoms with Crippen LogP contribution in [0.25, 0.3) is 0 Å². The molecular formula is C16H33NO2. The normalized spacial score (nSPS) is 24.9. The smallest absolute Gasteiger partial charge is 0.0813 e. The number of hydrogen-bond acceptors (Lipinski definition) is 3. The van der Waals surface area contributed by atoms with E-state index in [2.05, 4.69) is 46.9 Å². The van der Waals surface area contributed by atoms with E-state index in [-0.39, 0.29) is 5.54 Å². The molecule has 0 radical (unpaired) electrons. The Hall–Kier alpha value is -0.120. The lowest BCUT2D eigenvalue weighted by molar-refractivity contribution is -0.0198. The van der Waals surface area contributed by atoms with Crippen LogP contribution in [0.3, 0.4) is 0 Å². The predicted molar refractivity (Wildman–Crippen MR) is 80.5 cm³/mol. The molecule has 1 rings (SSSR count). The molecule has 2 unspecified atom stereocenters. The molecule has 1 saturated heterocycles. The minimum absolute atomic E-state index is 0.171. The molecule has 0 aliphatic carbocycles. The molecule has 2 atom stereocenters. The molecule has 0 bridgehead atoms. The van der Waals surface area contributed by atoms with Crippen LogP contribution in [0.1, 0.15) is 60.8 Å². The molecule has 0 amide bonds. The van der Waals surface area contributed by atoms with Crippen LogP contribution in [-0.4, -0.2) is 37.5 Å². The van der Waals surface area contributed by atoms with Crippen molar-refractivity contribution < 1.29 is 9.47 Å². The molecule has 0 aromatic heterocycles. The van der Waals surface area contributed by atoms with Gasteiger partial charge in [-0.2, -0.15) is 0 Å². The van der Waals surface area contributed by atoms with Gasteiger partial charge in [0.1, 0.15) is 0 Å². The van der Waals surface area contributed by atoms with E-state index in [0.717, 1.165) is 39.0 Å². The molecule has 114 valence electrons. The van der Waals surface area contributed by atoms with Crippen molar-refractivity contribution in [3.63, 3.8) is 0 Å². The lowest BCUT2D eigenvalue weighted by Gasteiger charge is -2.23. The van der Waals surface area contributed by atoms with E-state index in [9.17, 15) is 0 Å². The van der Waals surface area contributed by atoms with Gasteiger partial charge in [0, 0.05) is 18.7 Å². The van der Waals surface area contributed by atoms with Gasteiger partial charge in [0.15, 0.2) is 0 Å². The first-order chi connectivity index (χ1) is 8.66. The summed E-state index contributed by atoms with van der Waals surface area (Å²) < 4.78 is 11.7. The molecule has 1 N–H and O–H groups in total. The number of hydrogen-bond donors (Lipinski definition) is 1. The average molecular weight is 271 g/mol. The van der Waals surface area contributed by atoms with E-state index in [1.54, 1.807) is 0 Å². The van der Waals surface area contributed by atoms with Gasteiger partial charge in [-0.3, -0.25) is 0 Å². The van der Waals surface area contributed by atoms with Gasteiger partial charge in [0.25, 0.3) is 0 Å². The lowest BCUT2D eigenvalue weighted by Crippen LogP contribution is -2.41. The highest BCUT2D eigenvalue weighted by Gasteiger charge is 2.26. The zero-order valence-corrected chi connectivity index (χ0v) is 13.7. The Morgan fingerprint density at radius 2 is 1.68 bits per heavy atom.